The molecule has 2 aromatic heterocycles. The smallest absolute Gasteiger partial charge is 0.135 e. The Morgan fingerprint density at radius 2 is 0.429 bits per heavy atom. The highest BCUT2D eigenvalue weighted by molar-refractivity contribution is 6.08. The molecule has 0 N–H and O–H groups in total. The van der Waals surface area contributed by atoms with Crippen molar-refractivity contribution in [1.82, 2.24) is 0 Å². The van der Waals surface area contributed by atoms with Crippen molar-refractivity contribution in [2.45, 2.75) is 0 Å². The number of rotatable bonds is 10. The lowest BCUT2D eigenvalue weighted by molar-refractivity contribution is 0.668. The summed E-state index contributed by atoms with van der Waals surface area (Å²) in [4.78, 5) is 4.65. The van der Waals surface area contributed by atoms with Crippen LogP contribution >= 0.6 is 0 Å². The van der Waals surface area contributed by atoms with E-state index in [4.69, 9.17) is 8.83 Å². The van der Waals surface area contributed by atoms with Crippen LogP contribution < -0.4 is 9.80 Å². The van der Waals surface area contributed by atoms with Gasteiger partial charge in [0.05, 0.1) is 0 Å². The summed E-state index contributed by atoms with van der Waals surface area (Å²) in [6.45, 7) is 0. The molecule has 70 heavy (non-hydrogen) atoms. The first kappa shape index (κ1) is 40.9. The van der Waals surface area contributed by atoms with Crippen molar-refractivity contribution in [2.24, 2.45) is 0 Å². The predicted molar refractivity (Wildman–Crippen MR) is 292 cm³/mol. The van der Waals surface area contributed by atoms with Crippen molar-refractivity contribution < 1.29 is 8.83 Å². The van der Waals surface area contributed by atoms with E-state index in [0.29, 0.717) is 0 Å². The Hall–Kier alpha value is -9.38. The van der Waals surface area contributed by atoms with Gasteiger partial charge in [-0.15, -0.1) is 0 Å². The van der Waals surface area contributed by atoms with E-state index in [0.717, 1.165) is 100 Å². The monoisotopic (exact) mass is 896 g/mol. The van der Waals surface area contributed by atoms with E-state index >= 15 is 0 Å². The second kappa shape index (κ2) is 17.4. The highest BCUT2D eigenvalue weighted by atomic mass is 16.3. The standard InChI is InChI=1S/C66H44N2O2/c1-3-11-45(12-4-1)49-23-31-53(32-24-49)67(54-33-25-50(26-34-54)46-13-5-2-6-14-46)55-35-27-51(28-36-55)47-19-21-48(22-20-47)52-29-37-56(38-30-52)68(57-39-41-65-61(43-57)59-15-7-9-17-63(59)69-65)58-40-42-66-62(44-58)60-16-8-10-18-64(60)70-66/h1-44H. The second-order valence-electron chi connectivity index (χ2n) is 17.7. The van der Waals surface area contributed by atoms with E-state index in [9.17, 15) is 0 Å². The Kier molecular flexibility index (Phi) is 10.1. The van der Waals surface area contributed by atoms with E-state index in [1.54, 1.807) is 0 Å². The number of nitrogens with zero attached hydrogens (tertiary/aromatic N) is 2. The minimum Gasteiger partial charge on any atom is -0.456 e. The van der Waals surface area contributed by atoms with Crippen molar-refractivity contribution in [1.29, 1.82) is 0 Å². The number of para-hydroxylation sites is 2. The maximum Gasteiger partial charge on any atom is 0.135 e. The maximum atomic E-state index is 6.24. The molecule has 0 aliphatic carbocycles. The molecular weight excluding hydrogens is 853 g/mol. The zero-order valence-corrected chi connectivity index (χ0v) is 38.1. The quantitative estimate of drug-likeness (QED) is 0.137. The molecule has 0 saturated heterocycles. The van der Waals surface area contributed by atoms with Crippen LogP contribution in [0.15, 0.2) is 276 Å². The van der Waals surface area contributed by atoms with Crippen LogP contribution in [0, 0.1) is 0 Å². The number of anilines is 6. The molecular formula is C66H44N2O2. The lowest BCUT2D eigenvalue weighted by Gasteiger charge is -2.26. The van der Waals surface area contributed by atoms with Gasteiger partial charge in [0, 0.05) is 55.7 Å². The fourth-order valence-corrected chi connectivity index (χ4v) is 9.93. The Morgan fingerprint density at radius 3 is 0.771 bits per heavy atom. The Morgan fingerprint density at radius 1 is 0.186 bits per heavy atom. The van der Waals surface area contributed by atoms with E-state index in [-0.39, 0.29) is 0 Å². The highest BCUT2D eigenvalue weighted by Gasteiger charge is 2.19. The van der Waals surface area contributed by atoms with Gasteiger partial charge in [-0.05, 0) is 142 Å². The molecule has 0 fully saturated rings. The third-order valence-electron chi connectivity index (χ3n) is 13.5. The largest absolute Gasteiger partial charge is 0.456 e. The number of hydrogen-bond donors (Lipinski definition) is 0. The zero-order valence-electron chi connectivity index (χ0n) is 38.1. The van der Waals surface area contributed by atoms with Crippen LogP contribution in [-0.4, -0.2) is 0 Å². The lowest BCUT2D eigenvalue weighted by atomic mass is 9.99. The molecule has 13 rings (SSSR count). The third kappa shape index (κ3) is 7.54. The third-order valence-corrected chi connectivity index (χ3v) is 13.5. The molecule has 0 unspecified atom stereocenters. The van der Waals surface area contributed by atoms with Crippen LogP contribution in [0.5, 0.6) is 0 Å². The summed E-state index contributed by atoms with van der Waals surface area (Å²) < 4.78 is 12.5. The van der Waals surface area contributed by atoms with Crippen LogP contribution in [0.2, 0.25) is 0 Å². The average molecular weight is 897 g/mol. The van der Waals surface area contributed by atoms with Crippen molar-refractivity contribution in [3.05, 3.63) is 267 Å². The fraction of sp³-hybridized carbons (Fsp3) is 0. The fourth-order valence-electron chi connectivity index (χ4n) is 9.93. The summed E-state index contributed by atoms with van der Waals surface area (Å²) in [5.41, 5.74) is 19.3. The van der Waals surface area contributed by atoms with Gasteiger partial charge in [0.2, 0.25) is 0 Å². The predicted octanol–water partition coefficient (Wildman–Crippen LogP) is 19.1. The molecule has 0 saturated carbocycles. The molecule has 13 aromatic rings. The first-order valence-corrected chi connectivity index (χ1v) is 23.7. The number of fused-ring (bicyclic) bond motifs is 6. The summed E-state index contributed by atoms with van der Waals surface area (Å²) in [5.74, 6) is 0. The molecule has 4 nitrogen and oxygen atoms in total. The van der Waals surface area contributed by atoms with Gasteiger partial charge < -0.3 is 18.6 Å². The van der Waals surface area contributed by atoms with Crippen molar-refractivity contribution in [3.63, 3.8) is 0 Å². The summed E-state index contributed by atoms with van der Waals surface area (Å²) in [5, 5.41) is 4.36. The summed E-state index contributed by atoms with van der Waals surface area (Å²) in [7, 11) is 0. The molecule has 0 atom stereocenters. The van der Waals surface area contributed by atoms with Gasteiger partial charge in [-0.2, -0.15) is 0 Å². The van der Waals surface area contributed by atoms with Gasteiger partial charge in [0.1, 0.15) is 22.3 Å². The summed E-state index contributed by atoms with van der Waals surface area (Å²) in [6, 6.07) is 94.9. The molecule has 0 spiro atoms. The van der Waals surface area contributed by atoms with Crippen LogP contribution in [0.25, 0.3) is 88.4 Å². The zero-order chi connectivity index (χ0) is 46.4. The van der Waals surface area contributed by atoms with Gasteiger partial charge in [-0.3, -0.25) is 0 Å². The van der Waals surface area contributed by atoms with Gasteiger partial charge in [0.15, 0.2) is 0 Å². The van der Waals surface area contributed by atoms with Crippen molar-refractivity contribution in [3.8, 4) is 44.5 Å². The average Bonchev–Trinajstić information content (AvgIpc) is 4.00. The number of furan rings is 2. The molecule has 0 bridgehead atoms. The Labute approximate surface area is 406 Å². The normalized spacial score (nSPS) is 11.4. The van der Waals surface area contributed by atoms with Crippen molar-refractivity contribution >= 4 is 78.0 Å². The van der Waals surface area contributed by atoms with Crippen LogP contribution in [0.4, 0.5) is 34.1 Å². The number of benzene rings is 11. The maximum absolute atomic E-state index is 6.24. The van der Waals surface area contributed by atoms with Crippen LogP contribution in [0.1, 0.15) is 0 Å². The van der Waals surface area contributed by atoms with Gasteiger partial charge in [-0.1, -0.05) is 170 Å². The lowest BCUT2D eigenvalue weighted by Crippen LogP contribution is -2.09. The molecule has 0 aliphatic heterocycles. The Balaban J connectivity index is 0.801. The van der Waals surface area contributed by atoms with E-state index < -0.39 is 0 Å². The van der Waals surface area contributed by atoms with Gasteiger partial charge in [0.25, 0.3) is 0 Å². The molecule has 0 amide bonds. The van der Waals surface area contributed by atoms with Crippen molar-refractivity contribution in [2.75, 3.05) is 9.80 Å². The Bertz CT molecular complexity index is 3750. The second-order valence-corrected chi connectivity index (χ2v) is 17.7. The molecule has 2 heterocycles. The minimum atomic E-state index is 0.868. The number of hydrogen-bond acceptors (Lipinski definition) is 4. The van der Waals surface area contributed by atoms with E-state index in [1.165, 1.54) is 22.3 Å². The molecule has 0 radical (unpaired) electrons. The van der Waals surface area contributed by atoms with Crippen LogP contribution in [-0.2, 0) is 0 Å². The summed E-state index contributed by atoms with van der Waals surface area (Å²) >= 11 is 0. The molecule has 0 aliphatic rings. The van der Waals surface area contributed by atoms with E-state index in [2.05, 4.69) is 252 Å². The molecule has 11 aromatic carbocycles. The first-order chi connectivity index (χ1) is 34.7. The first-order valence-electron chi connectivity index (χ1n) is 23.7. The molecule has 330 valence electrons. The minimum absolute atomic E-state index is 0.868. The summed E-state index contributed by atoms with van der Waals surface area (Å²) in [6.07, 6.45) is 0. The topological polar surface area (TPSA) is 32.8 Å². The highest BCUT2D eigenvalue weighted by Crippen LogP contribution is 2.43. The van der Waals surface area contributed by atoms with E-state index in [1.807, 2.05) is 24.3 Å². The van der Waals surface area contributed by atoms with Gasteiger partial charge >= 0.3 is 0 Å². The SMILES string of the molecule is c1ccc(-c2ccc(N(c3ccc(-c4ccccc4)cc3)c3ccc(-c4ccc(-c5ccc(N(c6ccc7oc8ccccc8c7c6)c6ccc7oc8ccccc8c7c6)cc5)cc4)cc3)cc2)cc1. The van der Waals surface area contributed by atoms with Crippen LogP contribution in [0.3, 0.4) is 0 Å². The van der Waals surface area contributed by atoms with Gasteiger partial charge in [-0.25, -0.2) is 0 Å². The molecule has 4 heteroatoms.